The number of anilines is 1. The summed E-state index contributed by atoms with van der Waals surface area (Å²) in [6, 6.07) is 1.11. The third kappa shape index (κ3) is 4.32. The molecule has 12 heteroatoms. The summed E-state index contributed by atoms with van der Waals surface area (Å²) in [6.45, 7) is -0.684. The van der Waals surface area contributed by atoms with Crippen molar-refractivity contribution in [1.82, 2.24) is 9.55 Å². The number of esters is 1. The summed E-state index contributed by atoms with van der Waals surface area (Å²) in [4.78, 5) is 36.8. The fraction of sp³-hybridized carbons (Fsp3) is 0.571. The highest BCUT2D eigenvalue weighted by Crippen LogP contribution is 2.42. The number of ether oxygens (including phenoxy) is 2. The van der Waals surface area contributed by atoms with E-state index >= 15 is 0 Å². The molecule has 10 nitrogen and oxygen atoms in total. The highest BCUT2D eigenvalue weighted by atomic mass is 19.3. The van der Waals surface area contributed by atoms with Crippen LogP contribution in [0.25, 0.3) is 0 Å². The molecule has 1 aliphatic rings. The fourth-order valence-corrected chi connectivity index (χ4v) is 2.34. The van der Waals surface area contributed by atoms with Crippen LogP contribution in [0.4, 0.5) is 14.6 Å². The molecular formula is C14H17F2N3O7. The Morgan fingerprint density at radius 1 is 1.42 bits per heavy atom. The Hall–Kier alpha value is -2.60. The average Bonchev–Trinajstić information content (AvgIpc) is 2.76. The van der Waals surface area contributed by atoms with Gasteiger partial charge < -0.3 is 25.4 Å². The summed E-state index contributed by atoms with van der Waals surface area (Å²) >= 11 is 0. The second kappa shape index (κ2) is 7.74. The Labute approximate surface area is 145 Å². The number of alkyl halides is 2. The lowest BCUT2D eigenvalue weighted by Crippen LogP contribution is -2.42. The molecule has 2 rings (SSSR count). The Bertz CT molecular complexity index is 739. The first kappa shape index (κ1) is 19.7. The molecule has 0 saturated carbocycles. The van der Waals surface area contributed by atoms with Crippen LogP contribution < -0.4 is 11.4 Å². The maximum absolute atomic E-state index is 14.2. The molecule has 4 N–H and O–H groups in total. The van der Waals surface area contributed by atoms with Crippen molar-refractivity contribution in [3.05, 3.63) is 22.7 Å². The summed E-state index contributed by atoms with van der Waals surface area (Å²) in [5.41, 5.74) is 4.20. The third-order valence-electron chi connectivity index (χ3n) is 3.66. The number of rotatable bonds is 7. The van der Waals surface area contributed by atoms with E-state index in [-0.39, 0.29) is 25.1 Å². The van der Waals surface area contributed by atoms with Crippen molar-refractivity contribution in [2.24, 2.45) is 0 Å². The molecule has 144 valence electrons. The number of nitrogens with two attached hydrogens (primary N) is 1. The summed E-state index contributed by atoms with van der Waals surface area (Å²) in [5, 5.41) is 18.2. The number of nitrogens with zero attached hydrogens (tertiary/aromatic N) is 2. The molecule has 0 unspecified atom stereocenters. The van der Waals surface area contributed by atoms with Crippen molar-refractivity contribution in [1.29, 1.82) is 0 Å². The summed E-state index contributed by atoms with van der Waals surface area (Å²) in [7, 11) is 0. The van der Waals surface area contributed by atoms with E-state index < -0.39 is 48.6 Å². The van der Waals surface area contributed by atoms with Gasteiger partial charge in [-0.1, -0.05) is 0 Å². The average molecular weight is 377 g/mol. The van der Waals surface area contributed by atoms with Gasteiger partial charge >= 0.3 is 23.6 Å². The van der Waals surface area contributed by atoms with Crippen LogP contribution in [-0.4, -0.2) is 56.4 Å². The molecule has 0 bridgehead atoms. The van der Waals surface area contributed by atoms with Crippen LogP contribution in [0, 0.1) is 0 Å². The number of aliphatic carboxylic acids is 1. The molecule has 26 heavy (non-hydrogen) atoms. The number of carbonyl (C=O) groups is 2. The van der Waals surface area contributed by atoms with E-state index in [1.165, 1.54) is 0 Å². The second-order valence-electron chi connectivity index (χ2n) is 5.62. The van der Waals surface area contributed by atoms with E-state index in [1.54, 1.807) is 0 Å². The molecular weight excluding hydrogens is 360 g/mol. The molecule has 3 atom stereocenters. The van der Waals surface area contributed by atoms with Gasteiger partial charge in [0.05, 0.1) is 0 Å². The molecule has 1 fully saturated rings. The van der Waals surface area contributed by atoms with Crippen molar-refractivity contribution in [3.8, 4) is 0 Å². The van der Waals surface area contributed by atoms with E-state index in [0.717, 1.165) is 12.3 Å². The molecule has 0 aliphatic carbocycles. The van der Waals surface area contributed by atoms with Crippen LogP contribution in [0.5, 0.6) is 0 Å². The maximum atomic E-state index is 14.2. The van der Waals surface area contributed by atoms with E-state index in [0.29, 0.717) is 4.57 Å². The standard InChI is InChI=1S/C14H17F2N3O7/c15-14(16)11(23)7(6-25-10(22)3-1-2-9(20)21)26-12(14)19-5-4-8(17)18-13(19)24/h4-5,7,11-12,23H,1-3,6H2,(H,20,21)(H2,17,18,24)/t7-,11+,12-/m1/s1. The molecule has 0 spiro atoms. The van der Waals surface area contributed by atoms with Crippen molar-refractivity contribution in [2.75, 3.05) is 12.3 Å². The van der Waals surface area contributed by atoms with Crippen molar-refractivity contribution < 1.29 is 38.1 Å². The van der Waals surface area contributed by atoms with E-state index in [1.807, 2.05) is 0 Å². The van der Waals surface area contributed by atoms with Crippen molar-refractivity contribution in [2.45, 2.75) is 43.6 Å². The largest absolute Gasteiger partial charge is 0.481 e. The predicted octanol–water partition coefficient (Wildman–Crippen LogP) is -0.483. The molecule has 1 aromatic heterocycles. The molecule has 0 radical (unpaired) electrons. The van der Waals surface area contributed by atoms with Crippen LogP contribution in [0.1, 0.15) is 25.5 Å². The van der Waals surface area contributed by atoms with Crippen LogP contribution in [0.3, 0.4) is 0 Å². The molecule has 2 heterocycles. The van der Waals surface area contributed by atoms with Gasteiger partial charge in [-0.05, 0) is 12.5 Å². The minimum Gasteiger partial charge on any atom is -0.481 e. The first-order valence-electron chi connectivity index (χ1n) is 7.56. The quantitative estimate of drug-likeness (QED) is 0.534. The lowest BCUT2D eigenvalue weighted by Gasteiger charge is -2.20. The topological polar surface area (TPSA) is 154 Å². The van der Waals surface area contributed by atoms with Crippen LogP contribution >= 0.6 is 0 Å². The van der Waals surface area contributed by atoms with Crippen LogP contribution in [0.2, 0.25) is 0 Å². The summed E-state index contributed by atoms with van der Waals surface area (Å²) in [5.74, 6) is -5.92. The van der Waals surface area contributed by atoms with Gasteiger partial charge in [-0.3, -0.25) is 14.2 Å². The first-order valence-corrected chi connectivity index (χ1v) is 7.56. The summed E-state index contributed by atoms with van der Waals surface area (Å²) < 4.78 is 38.7. The Morgan fingerprint density at radius 3 is 2.73 bits per heavy atom. The lowest BCUT2D eigenvalue weighted by atomic mass is 10.1. The SMILES string of the molecule is Nc1ccn([C@@H]2O[C@H](COC(=O)CCCC(=O)O)[C@H](O)C2(F)F)c(=O)n1. The number of carbonyl (C=O) groups excluding carboxylic acids is 1. The predicted molar refractivity (Wildman–Crippen MR) is 80.2 cm³/mol. The number of aromatic nitrogens is 2. The van der Waals surface area contributed by atoms with E-state index in [2.05, 4.69) is 4.98 Å². The zero-order chi connectivity index (χ0) is 19.5. The van der Waals surface area contributed by atoms with Gasteiger partial charge in [-0.25, -0.2) is 4.79 Å². The second-order valence-corrected chi connectivity index (χ2v) is 5.62. The Morgan fingerprint density at radius 2 is 2.12 bits per heavy atom. The van der Waals surface area contributed by atoms with E-state index in [9.17, 15) is 28.3 Å². The lowest BCUT2D eigenvalue weighted by molar-refractivity contribution is -0.150. The molecule has 0 amide bonds. The number of carboxylic acid groups (broad SMARTS) is 1. The number of hydrogen-bond donors (Lipinski definition) is 3. The van der Waals surface area contributed by atoms with Gasteiger partial charge in [-0.15, -0.1) is 0 Å². The smallest absolute Gasteiger partial charge is 0.351 e. The van der Waals surface area contributed by atoms with Gasteiger partial charge in [0.1, 0.15) is 18.5 Å². The van der Waals surface area contributed by atoms with Gasteiger partial charge in [0.15, 0.2) is 6.10 Å². The number of hydrogen-bond acceptors (Lipinski definition) is 8. The minimum absolute atomic E-state index is 0.0214. The zero-order valence-electron chi connectivity index (χ0n) is 13.4. The van der Waals surface area contributed by atoms with E-state index in [4.69, 9.17) is 20.3 Å². The highest BCUT2D eigenvalue weighted by Gasteiger charge is 2.60. The molecule has 0 aromatic carbocycles. The molecule has 1 aliphatic heterocycles. The van der Waals surface area contributed by atoms with Crippen LogP contribution in [0.15, 0.2) is 17.1 Å². The number of aliphatic hydroxyl groups is 1. The zero-order valence-corrected chi connectivity index (χ0v) is 13.4. The normalized spacial score (nSPS) is 24.3. The van der Waals surface area contributed by atoms with Gasteiger partial charge in [-0.2, -0.15) is 13.8 Å². The number of halogens is 2. The van der Waals surface area contributed by atoms with Crippen LogP contribution in [-0.2, 0) is 19.1 Å². The van der Waals surface area contributed by atoms with Crippen molar-refractivity contribution >= 4 is 17.8 Å². The van der Waals surface area contributed by atoms with Gasteiger partial charge in [0, 0.05) is 19.0 Å². The monoisotopic (exact) mass is 377 g/mol. The Balaban J connectivity index is 2.00. The maximum Gasteiger partial charge on any atom is 0.351 e. The Kier molecular flexibility index (Phi) is 5.87. The third-order valence-corrected chi connectivity index (χ3v) is 3.66. The number of carboxylic acids is 1. The molecule has 1 aromatic rings. The first-order chi connectivity index (χ1) is 12.1. The number of aliphatic hydroxyl groups excluding tert-OH is 1. The minimum atomic E-state index is -3.85. The number of nitrogen functional groups attached to an aromatic ring is 1. The summed E-state index contributed by atoms with van der Waals surface area (Å²) in [6.07, 6.45) is -5.55. The fourth-order valence-electron chi connectivity index (χ4n) is 2.34. The highest BCUT2D eigenvalue weighted by molar-refractivity contribution is 5.71. The van der Waals surface area contributed by atoms with Crippen molar-refractivity contribution in [3.63, 3.8) is 0 Å². The van der Waals surface area contributed by atoms with Gasteiger partial charge in [0.25, 0.3) is 0 Å². The molecule has 1 saturated heterocycles. The van der Waals surface area contributed by atoms with Gasteiger partial charge in [0.2, 0.25) is 6.23 Å².